The summed E-state index contributed by atoms with van der Waals surface area (Å²) in [7, 11) is 0. The molecule has 0 spiro atoms. The van der Waals surface area contributed by atoms with Gasteiger partial charge in [0.2, 0.25) is 0 Å². The normalized spacial score (nSPS) is 17.7. The lowest BCUT2D eigenvalue weighted by atomic mass is 9.78. The molecule has 86 valence electrons. The zero-order valence-corrected chi connectivity index (χ0v) is 9.64. The quantitative estimate of drug-likeness (QED) is 0.817. The van der Waals surface area contributed by atoms with Crippen molar-refractivity contribution in [3.8, 4) is 0 Å². The maximum atomic E-state index is 13.5. The zero-order chi connectivity index (χ0) is 11.8. The van der Waals surface area contributed by atoms with E-state index in [1.54, 1.807) is 12.1 Å². The molecule has 1 aromatic rings. The molecule has 16 heavy (non-hydrogen) atoms. The molecule has 1 fully saturated rings. The number of amides is 1. The van der Waals surface area contributed by atoms with Gasteiger partial charge in [-0.3, -0.25) is 4.79 Å². The van der Waals surface area contributed by atoms with E-state index >= 15 is 0 Å². The van der Waals surface area contributed by atoms with Crippen LogP contribution in [0, 0.1) is 12.7 Å². The summed E-state index contributed by atoms with van der Waals surface area (Å²) in [5.74, 6) is -0.755. The number of hydrogen-bond donors (Lipinski definition) is 1. The summed E-state index contributed by atoms with van der Waals surface area (Å²) in [6, 6.07) is 4.59. The number of halogens is 1. The Morgan fingerprint density at radius 1 is 1.44 bits per heavy atom. The smallest absolute Gasteiger partial charge is 0.254 e. The second-order valence-corrected chi connectivity index (χ2v) is 4.85. The molecular formula is C13H16FNO. The maximum absolute atomic E-state index is 13.5. The molecule has 0 aliphatic heterocycles. The third-order valence-corrected chi connectivity index (χ3v) is 3.24. The van der Waals surface area contributed by atoms with Crippen molar-refractivity contribution < 1.29 is 9.18 Å². The summed E-state index contributed by atoms with van der Waals surface area (Å²) in [5.41, 5.74) is 0.909. The molecular weight excluding hydrogens is 205 g/mol. The Kier molecular flexibility index (Phi) is 2.70. The molecule has 1 amide bonds. The van der Waals surface area contributed by atoms with E-state index in [9.17, 15) is 9.18 Å². The van der Waals surface area contributed by atoms with Crippen molar-refractivity contribution in [3.05, 3.63) is 35.1 Å². The average Bonchev–Trinajstić information content (AvgIpc) is 2.19. The fourth-order valence-electron chi connectivity index (χ4n) is 1.99. The highest BCUT2D eigenvalue weighted by Crippen LogP contribution is 2.31. The second kappa shape index (κ2) is 3.89. The lowest BCUT2D eigenvalue weighted by Gasteiger charge is -2.39. The molecule has 0 bridgehead atoms. The van der Waals surface area contributed by atoms with Crippen molar-refractivity contribution in [2.75, 3.05) is 0 Å². The van der Waals surface area contributed by atoms with Gasteiger partial charge in [0.15, 0.2) is 0 Å². The van der Waals surface area contributed by atoms with Gasteiger partial charge >= 0.3 is 0 Å². The first-order valence-electron chi connectivity index (χ1n) is 5.59. The third-order valence-electron chi connectivity index (χ3n) is 3.24. The zero-order valence-electron chi connectivity index (χ0n) is 9.64. The number of carbonyl (C=O) groups excluding carboxylic acids is 1. The van der Waals surface area contributed by atoms with Crippen molar-refractivity contribution in [1.82, 2.24) is 5.32 Å². The van der Waals surface area contributed by atoms with Crippen LogP contribution in [0.25, 0.3) is 0 Å². The van der Waals surface area contributed by atoms with Gasteiger partial charge < -0.3 is 5.32 Å². The summed E-state index contributed by atoms with van der Waals surface area (Å²) in [4.78, 5) is 11.9. The summed E-state index contributed by atoms with van der Waals surface area (Å²) in [6.07, 6.45) is 3.09. The van der Waals surface area contributed by atoms with E-state index in [0.717, 1.165) is 24.8 Å². The highest BCUT2D eigenvalue weighted by atomic mass is 19.1. The van der Waals surface area contributed by atoms with Gasteiger partial charge in [-0.1, -0.05) is 11.6 Å². The highest BCUT2D eigenvalue weighted by Gasteiger charge is 2.33. The van der Waals surface area contributed by atoms with Gasteiger partial charge in [0.25, 0.3) is 5.91 Å². The summed E-state index contributed by atoms with van der Waals surface area (Å²) < 4.78 is 13.5. The minimum atomic E-state index is -0.453. The molecule has 0 radical (unpaired) electrons. The largest absolute Gasteiger partial charge is 0.347 e. The first-order chi connectivity index (χ1) is 7.50. The van der Waals surface area contributed by atoms with Gasteiger partial charge in [-0.25, -0.2) is 4.39 Å². The van der Waals surface area contributed by atoms with E-state index < -0.39 is 5.82 Å². The molecule has 1 aliphatic rings. The van der Waals surface area contributed by atoms with E-state index in [4.69, 9.17) is 0 Å². The molecule has 0 heterocycles. The number of carbonyl (C=O) groups is 1. The van der Waals surface area contributed by atoms with Crippen LogP contribution in [0.1, 0.15) is 42.1 Å². The fourth-order valence-corrected chi connectivity index (χ4v) is 1.99. The summed E-state index contributed by atoms with van der Waals surface area (Å²) in [6.45, 7) is 3.85. The number of aryl methyl sites for hydroxylation is 1. The standard InChI is InChI=1S/C13H16FNO/c1-9-4-5-11(14)10(8-9)12(16)15-13(2)6-3-7-13/h4-5,8H,3,6-7H2,1-2H3,(H,15,16). The Hall–Kier alpha value is -1.38. The Bertz CT molecular complexity index is 424. The lowest BCUT2D eigenvalue weighted by Crippen LogP contribution is -2.51. The molecule has 2 rings (SSSR count). The Morgan fingerprint density at radius 3 is 2.69 bits per heavy atom. The Balaban J connectivity index is 2.17. The van der Waals surface area contributed by atoms with Crippen molar-refractivity contribution in [2.45, 2.75) is 38.6 Å². The number of nitrogens with one attached hydrogen (secondary N) is 1. The van der Waals surface area contributed by atoms with Crippen LogP contribution in [0.4, 0.5) is 4.39 Å². The Labute approximate surface area is 94.9 Å². The van der Waals surface area contributed by atoms with E-state index in [1.165, 1.54) is 6.07 Å². The monoisotopic (exact) mass is 221 g/mol. The number of rotatable bonds is 2. The molecule has 0 unspecified atom stereocenters. The number of benzene rings is 1. The minimum Gasteiger partial charge on any atom is -0.347 e. The Morgan fingerprint density at radius 2 is 2.12 bits per heavy atom. The van der Waals surface area contributed by atoms with Crippen LogP contribution in [0.15, 0.2) is 18.2 Å². The first-order valence-corrected chi connectivity index (χ1v) is 5.59. The van der Waals surface area contributed by atoms with Crippen molar-refractivity contribution in [1.29, 1.82) is 0 Å². The van der Waals surface area contributed by atoms with Crippen LogP contribution in [0.5, 0.6) is 0 Å². The van der Waals surface area contributed by atoms with Gasteiger partial charge in [0.1, 0.15) is 5.82 Å². The van der Waals surface area contributed by atoms with Gasteiger partial charge in [0, 0.05) is 5.54 Å². The van der Waals surface area contributed by atoms with E-state index in [-0.39, 0.29) is 17.0 Å². The van der Waals surface area contributed by atoms with Crippen LogP contribution in [-0.4, -0.2) is 11.4 Å². The molecule has 1 aliphatic carbocycles. The first kappa shape index (κ1) is 11.1. The fraction of sp³-hybridized carbons (Fsp3) is 0.462. The molecule has 0 aromatic heterocycles. The van der Waals surface area contributed by atoms with Crippen LogP contribution in [0.2, 0.25) is 0 Å². The van der Waals surface area contributed by atoms with Crippen LogP contribution >= 0.6 is 0 Å². The third kappa shape index (κ3) is 2.08. The molecule has 1 saturated carbocycles. The highest BCUT2D eigenvalue weighted by molar-refractivity contribution is 5.95. The summed E-state index contributed by atoms with van der Waals surface area (Å²) in [5, 5.41) is 2.90. The predicted octanol–water partition coefficient (Wildman–Crippen LogP) is 2.81. The van der Waals surface area contributed by atoms with Crippen LogP contribution in [0.3, 0.4) is 0 Å². The second-order valence-electron chi connectivity index (χ2n) is 4.85. The summed E-state index contributed by atoms with van der Waals surface area (Å²) >= 11 is 0. The lowest BCUT2D eigenvalue weighted by molar-refractivity contribution is 0.0846. The van der Waals surface area contributed by atoms with Crippen LogP contribution < -0.4 is 5.32 Å². The topological polar surface area (TPSA) is 29.1 Å². The SMILES string of the molecule is Cc1ccc(F)c(C(=O)NC2(C)CCC2)c1. The van der Waals surface area contributed by atoms with Gasteiger partial charge in [0.05, 0.1) is 5.56 Å². The van der Waals surface area contributed by atoms with Gasteiger partial charge in [-0.05, 0) is 45.2 Å². The maximum Gasteiger partial charge on any atom is 0.254 e. The van der Waals surface area contributed by atoms with Crippen LogP contribution in [-0.2, 0) is 0 Å². The molecule has 2 nitrogen and oxygen atoms in total. The van der Waals surface area contributed by atoms with E-state index in [0.29, 0.717) is 0 Å². The molecule has 1 N–H and O–H groups in total. The van der Waals surface area contributed by atoms with Gasteiger partial charge in [-0.2, -0.15) is 0 Å². The minimum absolute atomic E-state index is 0.132. The van der Waals surface area contributed by atoms with Crippen molar-refractivity contribution >= 4 is 5.91 Å². The molecule has 1 aromatic carbocycles. The van der Waals surface area contributed by atoms with E-state index in [2.05, 4.69) is 5.32 Å². The average molecular weight is 221 g/mol. The molecule has 0 saturated heterocycles. The van der Waals surface area contributed by atoms with Crippen molar-refractivity contribution in [2.24, 2.45) is 0 Å². The van der Waals surface area contributed by atoms with Gasteiger partial charge in [-0.15, -0.1) is 0 Å². The molecule has 0 atom stereocenters. The predicted molar refractivity (Wildman–Crippen MR) is 60.9 cm³/mol. The molecule has 3 heteroatoms. The van der Waals surface area contributed by atoms with E-state index in [1.807, 2.05) is 13.8 Å². The number of hydrogen-bond acceptors (Lipinski definition) is 1. The van der Waals surface area contributed by atoms with Crippen molar-refractivity contribution in [3.63, 3.8) is 0 Å².